The lowest BCUT2D eigenvalue weighted by Gasteiger charge is -2.26. The van der Waals surface area contributed by atoms with Crippen LogP contribution in [0, 0.1) is 11.8 Å². The predicted octanol–water partition coefficient (Wildman–Crippen LogP) is 11.2. The second-order valence-corrected chi connectivity index (χ2v) is 12.0. The summed E-state index contributed by atoms with van der Waals surface area (Å²) in [5.41, 5.74) is 11.0. The highest BCUT2D eigenvalue weighted by Gasteiger charge is 2.20. The fourth-order valence-corrected chi connectivity index (χ4v) is 6.53. The lowest BCUT2D eigenvalue weighted by Crippen LogP contribution is -2.10. The summed E-state index contributed by atoms with van der Waals surface area (Å²) in [6, 6.07) is 21.4. The van der Waals surface area contributed by atoms with Crippen molar-refractivity contribution in [2.45, 2.75) is 112 Å². The number of rotatable bonds is 12. The summed E-state index contributed by atoms with van der Waals surface area (Å²) < 4.78 is 6.46. The van der Waals surface area contributed by atoms with Crippen LogP contribution in [-0.2, 0) is 19.3 Å². The van der Waals surface area contributed by atoms with Crippen LogP contribution in [0.2, 0.25) is 0 Å². The van der Waals surface area contributed by atoms with Gasteiger partial charge in [-0.25, -0.2) is 0 Å². The SMILES string of the molecule is CCc1cc(-c2cc(CC)c(OCCC(CC)CC)c(CC)c2)ccc1-c1ccc(C2CCC(C)CC2)cc1. The molecule has 3 aromatic carbocycles. The van der Waals surface area contributed by atoms with Crippen LogP contribution in [-0.4, -0.2) is 6.61 Å². The molecule has 0 atom stereocenters. The third kappa shape index (κ3) is 7.16. The van der Waals surface area contributed by atoms with E-state index in [2.05, 4.69) is 96.1 Å². The van der Waals surface area contributed by atoms with Gasteiger partial charge in [0.2, 0.25) is 0 Å². The van der Waals surface area contributed by atoms with Crippen LogP contribution in [0.3, 0.4) is 0 Å². The van der Waals surface area contributed by atoms with Gasteiger partial charge < -0.3 is 4.74 Å². The third-order valence-electron chi connectivity index (χ3n) is 9.46. The van der Waals surface area contributed by atoms with Crippen LogP contribution < -0.4 is 4.74 Å². The van der Waals surface area contributed by atoms with Crippen LogP contribution in [0.4, 0.5) is 0 Å². The van der Waals surface area contributed by atoms with E-state index in [0.29, 0.717) is 0 Å². The Balaban J connectivity index is 1.57. The molecular formula is C38H52O. The topological polar surface area (TPSA) is 9.23 Å². The largest absolute Gasteiger partial charge is 0.493 e. The smallest absolute Gasteiger partial charge is 0.125 e. The summed E-state index contributed by atoms with van der Waals surface area (Å²) in [4.78, 5) is 0. The van der Waals surface area contributed by atoms with E-state index in [1.165, 1.54) is 83.0 Å². The molecule has 0 saturated heterocycles. The van der Waals surface area contributed by atoms with Gasteiger partial charge in [-0.05, 0) is 113 Å². The van der Waals surface area contributed by atoms with Crippen LogP contribution in [0.15, 0.2) is 54.6 Å². The first kappa shape index (κ1) is 29.4. The molecule has 1 fully saturated rings. The van der Waals surface area contributed by atoms with Gasteiger partial charge in [0, 0.05) is 0 Å². The van der Waals surface area contributed by atoms with E-state index in [-0.39, 0.29) is 0 Å². The van der Waals surface area contributed by atoms with Crippen molar-refractivity contribution in [2.24, 2.45) is 11.8 Å². The van der Waals surface area contributed by atoms with Gasteiger partial charge >= 0.3 is 0 Å². The van der Waals surface area contributed by atoms with Gasteiger partial charge in [0.15, 0.2) is 0 Å². The summed E-state index contributed by atoms with van der Waals surface area (Å²) in [5.74, 6) is 3.54. The van der Waals surface area contributed by atoms with Gasteiger partial charge in [-0.1, -0.05) is 110 Å². The van der Waals surface area contributed by atoms with Gasteiger partial charge in [-0.3, -0.25) is 0 Å². The molecule has 1 nitrogen and oxygen atoms in total. The normalized spacial score (nSPS) is 17.5. The Morgan fingerprint density at radius 1 is 0.667 bits per heavy atom. The highest BCUT2D eigenvalue weighted by atomic mass is 16.5. The summed E-state index contributed by atoms with van der Waals surface area (Å²) >= 11 is 0. The molecule has 0 N–H and O–H groups in total. The Morgan fingerprint density at radius 3 is 1.79 bits per heavy atom. The summed E-state index contributed by atoms with van der Waals surface area (Å²) in [6.07, 6.45) is 12.1. The van der Waals surface area contributed by atoms with E-state index < -0.39 is 0 Å². The van der Waals surface area contributed by atoms with E-state index >= 15 is 0 Å². The van der Waals surface area contributed by atoms with Crippen molar-refractivity contribution in [2.75, 3.05) is 6.61 Å². The molecule has 210 valence electrons. The Bertz CT molecular complexity index is 1150. The van der Waals surface area contributed by atoms with Crippen molar-refractivity contribution in [3.8, 4) is 28.0 Å². The van der Waals surface area contributed by atoms with Crippen LogP contribution in [0.25, 0.3) is 22.3 Å². The van der Waals surface area contributed by atoms with Crippen molar-refractivity contribution in [3.05, 3.63) is 76.9 Å². The maximum Gasteiger partial charge on any atom is 0.125 e. The lowest BCUT2D eigenvalue weighted by molar-refractivity contribution is 0.268. The maximum atomic E-state index is 6.46. The standard InChI is InChI=1S/C38H52O/c1-7-28(8-2)22-23-39-38-30(10-4)25-36(26-31(38)11-5)35-20-21-37(29(9-3)24-35)34-18-16-33(17-19-34)32-14-12-27(6)13-15-32/h16-21,24-28,32H,7-15,22-23H2,1-6H3. The van der Waals surface area contributed by atoms with Gasteiger partial charge in [0.25, 0.3) is 0 Å². The van der Waals surface area contributed by atoms with Gasteiger partial charge in [-0.2, -0.15) is 0 Å². The van der Waals surface area contributed by atoms with Crippen molar-refractivity contribution in [1.82, 2.24) is 0 Å². The molecule has 3 aromatic rings. The molecule has 39 heavy (non-hydrogen) atoms. The minimum Gasteiger partial charge on any atom is -0.493 e. The summed E-state index contributed by atoms with van der Waals surface area (Å²) in [5, 5.41) is 0. The number of aryl methyl sites for hydroxylation is 3. The quantitative estimate of drug-likeness (QED) is 0.229. The van der Waals surface area contributed by atoms with Crippen molar-refractivity contribution >= 4 is 0 Å². The number of ether oxygens (including phenoxy) is 1. The second-order valence-electron chi connectivity index (χ2n) is 12.0. The van der Waals surface area contributed by atoms with E-state index in [1.807, 2.05) is 0 Å². The molecule has 0 heterocycles. The molecule has 1 heteroatoms. The Labute approximate surface area is 239 Å². The monoisotopic (exact) mass is 524 g/mol. The number of hydrogen-bond donors (Lipinski definition) is 0. The fourth-order valence-electron chi connectivity index (χ4n) is 6.53. The fraction of sp³-hybridized carbons (Fsp3) is 0.526. The van der Waals surface area contributed by atoms with E-state index in [0.717, 1.165) is 55.8 Å². The summed E-state index contributed by atoms with van der Waals surface area (Å²) in [7, 11) is 0. The molecule has 0 bridgehead atoms. The van der Waals surface area contributed by atoms with E-state index in [9.17, 15) is 0 Å². The first-order valence-electron chi connectivity index (χ1n) is 16.0. The van der Waals surface area contributed by atoms with E-state index in [4.69, 9.17) is 4.74 Å². The highest BCUT2D eigenvalue weighted by molar-refractivity contribution is 5.75. The zero-order valence-corrected chi connectivity index (χ0v) is 25.6. The molecule has 1 aliphatic carbocycles. The van der Waals surface area contributed by atoms with Crippen molar-refractivity contribution < 1.29 is 4.74 Å². The molecule has 1 aliphatic rings. The molecule has 0 aromatic heterocycles. The average molecular weight is 525 g/mol. The highest BCUT2D eigenvalue weighted by Crippen LogP contribution is 2.38. The van der Waals surface area contributed by atoms with Crippen LogP contribution in [0.1, 0.15) is 115 Å². The molecular weight excluding hydrogens is 472 g/mol. The minimum absolute atomic E-state index is 0.746. The van der Waals surface area contributed by atoms with Gasteiger partial charge in [0.05, 0.1) is 6.61 Å². The minimum atomic E-state index is 0.746. The zero-order chi connectivity index (χ0) is 27.8. The molecule has 0 amide bonds. The first-order chi connectivity index (χ1) is 19.0. The summed E-state index contributed by atoms with van der Waals surface area (Å²) in [6.45, 7) is 14.6. The Morgan fingerprint density at radius 2 is 1.23 bits per heavy atom. The van der Waals surface area contributed by atoms with Gasteiger partial charge in [0.1, 0.15) is 5.75 Å². The molecule has 4 rings (SSSR count). The van der Waals surface area contributed by atoms with Gasteiger partial charge in [-0.15, -0.1) is 0 Å². The molecule has 0 unspecified atom stereocenters. The average Bonchev–Trinajstić information content (AvgIpc) is 2.99. The molecule has 0 aliphatic heterocycles. The number of hydrogen-bond acceptors (Lipinski definition) is 1. The molecule has 0 radical (unpaired) electrons. The van der Waals surface area contributed by atoms with E-state index in [1.54, 1.807) is 0 Å². The Hall–Kier alpha value is -2.54. The Kier molecular flexibility index (Phi) is 10.7. The van der Waals surface area contributed by atoms with Crippen LogP contribution >= 0.6 is 0 Å². The number of benzene rings is 3. The first-order valence-corrected chi connectivity index (χ1v) is 16.0. The lowest BCUT2D eigenvalue weighted by atomic mass is 9.79. The molecule has 1 saturated carbocycles. The van der Waals surface area contributed by atoms with Crippen molar-refractivity contribution in [3.63, 3.8) is 0 Å². The third-order valence-corrected chi connectivity index (χ3v) is 9.46. The second kappa shape index (κ2) is 14.2. The van der Waals surface area contributed by atoms with Crippen LogP contribution in [0.5, 0.6) is 5.75 Å². The zero-order valence-electron chi connectivity index (χ0n) is 25.6. The van der Waals surface area contributed by atoms with Crippen molar-refractivity contribution in [1.29, 1.82) is 0 Å². The predicted molar refractivity (Wildman–Crippen MR) is 170 cm³/mol. The maximum absolute atomic E-state index is 6.46. The molecule has 0 spiro atoms.